The zero-order valence-electron chi connectivity index (χ0n) is 9.62. The van der Waals surface area contributed by atoms with Crippen LogP contribution in [0.5, 0.6) is 0 Å². The third-order valence-electron chi connectivity index (χ3n) is 3.53. The molecule has 1 unspecified atom stereocenters. The van der Waals surface area contributed by atoms with Gasteiger partial charge < -0.3 is 10.4 Å². The average molecular weight is 212 g/mol. The SMILES string of the molecule is OCCCNC1CCCCN(C2CC2)C1. The van der Waals surface area contributed by atoms with Gasteiger partial charge in [0.15, 0.2) is 0 Å². The van der Waals surface area contributed by atoms with Crippen LogP contribution in [0.25, 0.3) is 0 Å². The quantitative estimate of drug-likeness (QED) is 0.667. The molecule has 0 radical (unpaired) electrons. The zero-order chi connectivity index (χ0) is 10.5. The van der Waals surface area contributed by atoms with Crippen molar-refractivity contribution in [2.45, 2.75) is 50.6 Å². The van der Waals surface area contributed by atoms with Crippen LogP contribution in [0.3, 0.4) is 0 Å². The molecule has 3 heteroatoms. The van der Waals surface area contributed by atoms with E-state index in [1.165, 1.54) is 45.2 Å². The molecule has 88 valence electrons. The van der Waals surface area contributed by atoms with Gasteiger partial charge in [-0.2, -0.15) is 0 Å². The minimum atomic E-state index is 0.312. The normalized spacial score (nSPS) is 29.0. The molecule has 1 saturated carbocycles. The molecule has 1 aliphatic carbocycles. The van der Waals surface area contributed by atoms with Crippen molar-refractivity contribution < 1.29 is 5.11 Å². The van der Waals surface area contributed by atoms with E-state index < -0.39 is 0 Å². The van der Waals surface area contributed by atoms with Crippen LogP contribution in [0, 0.1) is 0 Å². The first-order chi connectivity index (χ1) is 7.40. The second-order valence-electron chi connectivity index (χ2n) is 4.95. The van der Waals surface area contributed by atoms with Gasteiger partial charge in [0.2, 0.25) is 0 Å². The predicted octanol–water partition coefficient (Wildman–Crippen LogP) is 0.975. The van der Waals surface area contributed by atoms with Gasteiger partial charge in [0, 0.05) is 25.2 Å². The number of likely N-dealkylation sites (tertiary alicyclic amines) is 1. The van der Waals surface area contributed by atoms with E-state index in [0.717, 1.165) is 19.0 Å². The molecule has 15 heavy (non-hydrogen) atoms. The standard InChI is InChI=1S/C12H24N2O/c15-9-3-7-13-11-4-1-2-8-14(10-11)12-5-6-12/h11-13,15H,1-10H2. The molecule has 2 aliphatic rings. The summed E-state index contributed by atoms with van der Waals surface area (Å²) in [5.74, 6) is 0. The van der Waals surface area contributed by atoms with Crippen LogP contribution in [0.4, 0.5) is 0 Å². The predicted molar refractivity (Wildman–Crippen MR) is 61.9 cm³/mol. The van der Waals surface area contributed by atoms with Crippen LogP contribution >= 0.6 is 0 Å². The summed E-state index contributed by atoms with van der Waals surface area (Å²) in [6, 6.07) is 1.57. The third-order valence-corrected chi connectivity index (χ3v) is 3.53. The van der Waals surface area contributed by atoms with E-state index in [9.17, 15) is 0 Å². The molecule has 2 N–H and O–H groups in total. The number of nitrogens with zero attached hydrogens (tertiary/aromatic N) is 1. The highest BCUT2D eigenvalue weighted by molar-refractivity contribution is 4.88. The van der Waals surface area contributed by atoms with Gasteiger partial charge in [-0.25, -0.2) is 0 Å². The van der Waals surface area contributed by atoms with Crippen molar-refractivity contribution >= 4 is 0 Å². The fraction of sp³-hybridized carbons (Fsp3) is 1.00. The Kier molecular flexibility index (Phi) is 4.42. The summed E-state index contributed by atoms with van der Waals surface area (Å²) in [6.07, 6.45) is 7.77. The van der Waals surface area contributed by atoms with E-state index in [2.05, 4.69) is 10.2 Å². The molecule has 0 aromatic heterocycles. The van der Waals surface area contributed by atoms with E-state index in [4.69, 9.17) is 5.11 Å². The number of nitrogens with one attached hydrogen (secondary N) is 1. The minimum Gasteiger partial charge on any atom is -0.396 e. The lowest BCUT2D eigenvalue weighted by Crippen LogP contribution is -2.41. The lowest BCUT2D eigenvalue weighted by atomic mass is 10.1. The van der Waals surface area contributed by atoms with E-state index in [0.29, 0.717) is 12.6 Å². The highest BCUT2D eigenvalue weighted by atomic mass is 16.3. The van der Waals surface area contributed by atoms with Gasteiger partial charge >= 0.3 is 0 Å². The molecule has 2 rings (SSSR count). The Morgan fingerprint density at radius 2 is 2.07 bits per heavy atom. The monoisotopic (exact) mass is 212 g/mol. The molecular formula is C12H24N2O. The van der Waals surface area contributed by atoms with Gasteiger partial charge in [0.1, 0.15) is 0 Å². The number of hydrogen-bond acceptors (Lipinski definition) is 3. The van der Waals surface area contributed by atoms with Gasteiger partial charge in [-0.1, -0.05) is 6.42 Å². The topological polar surface area (TPSA) is 35.5 Å². The van der Waals surface area contributed by atoms with Gasteiger partial charge in [-0.15, -0.1) is 0 Å². The summed E-state index contributed by atoms with van der Waals surface area (Å²) in [6.45, 7) is 3.82. The summed E-state index contributed by atoms with van der Waals surface area (Å²) in [4.78, 5) is 2.67. The van der Waals surface area contributed by atoms with Crippen molar-refractivity contribution in [3.63, 3.8) is 0 Å². The van der Waals surface area contributed by atoms with E-state index in [-0.39, 0.29) is 0 Å². The number of aliphatic hydroxyl groups is 1. The molecule has 1 heterocycles. The summed E-state index contributed by atoms with van der Waals surface area (Å²) >= 11 is 0. The first-order valence-corrected chi connectivity index (χ1v) is 6.48. The highest BCUT2D eigenvalue weighted by Crippen LogP contribution is 2.28. The smallest absolute Gasteiger partial charge is 0.0443 e. The summed E-state index contributed by atoms with van der Waals surface area (Å²) < 4.78 is 0. The Hall–Kier alpha value is -0.120. The third kappa shape index (κ3) is 3.74. The Morgan fingerprint density at radius 3 is 2.80 bits per heavy atom. The van der Waals surface area contributed by atoms with Gasteiger partial charge in [0.05, 0.1) is 0 Å². The highest BCUT2D eigenvalue weighted by Gasteiger charge is 2.31. The van der Waals surface area contributed by atoms with Crippen LogP contribution in [0.15, 0.2) is 0 Å². The second kappa shape index (κ2) is 5.83. The average Bonchev–Trinajstić information content (AvgIpc) is 3.05. The summed E-state index contributed by atoms with van der Waals surface area (Å²) in [5, 5.41) is 12.3. The molecular weight excluding hydrogens is 188 g/mol. The number of aliphatic hydroxyl groups excluding tert-OH is 1. The molecule has 0 bridgehead atoms. The van der Waals surface area contributed by atoms with Crippen molar-refractivity contribution in [1.29, 1.82) is 0 Å². The lowest BCUT2D eigenvalue weighted by molar-refractivity contribution is 0.242. The molecule has 1 saturated heterocycles. The van der Waals surface area contributed by atoms with Crippen molar-refractivity contribution in [2.75, 3.05) is 26.2 Å². The fourth-order valence-corrected chi connectivity index (χ4v) is 2.49. The van der Waals surface area contributed by atoms with Crippen molar-refractivity contribution in [3.8, 4) is 0 Å². The number of hydrogen-bond donors (Lipinski definition) is 2. The first kappa shape index (κ1) is 11.4. The van der Waals surface area contributed by atoms with Crippen LogP contribution in [-0.2, 0) is 0 Å². The van der Waals surface area contributed by atoms with E-state index in [1.807, 2.05) is 0 Å². The fourth-order valence-electron chi connectivity index (χ4n) is 2.49. The largest absolute Gasteiger partial charge is 0.396 e. The molecule has 3 nitrogen and oxygen atoms in total. The molecule has 0 spiro atoms. The summed E-state index contributed by atoms with van der Waals surface area (Å²) in [7, 11) is 0. The maximum Gasteiger partial charge on any atom is 0.0443 e. The van der Waals surface area contributed by atoms with Gasteiger partial charge in [-0.3, -0.25) is 4.90 Å². The van der Waals surface area contributed by atoms with Crippen molar-refractivity contribution in [2.24, 2.45) is 0 Å². The molecule has 1 aliphatic heterocycles. The first-order valence-electron chi connectivity index (χ1n) is 6.48. The Labute approximate surface area is 92.8 Å². The van der Waals surface area contributed by atoms with Crippen molar-refractivity contribution in [1.82, 2.24) is 10.2 Å². The zero-order valence-corrected chi connectivity index (χ0v) is 9.62. The van der Waals surface area contributed by atoms with Crippen LogP contribution in [-0.4, -0.2) is 48.3 Å². The number of rotatable bonds is 5. The lowest BCUT2D eigenvalue weighted by Gasteiger charge is -2.24. The molecule has 0 amide bonds. The Bertz CT molecular complexity index is 182. The maximum absolute atomic E-state index is 8.75. The van der Waals surface area contributed by atoms with Crippen LogP contribution < -0.4 is 5.32 Å². The van der Waals surface area contributed by atoms with Gasteiger partial charge in [0.25, 0.3) is 0 Å². The summed E-state index contributed by atoms with van der Waals surface area (Å²) in [5.41, 5.74) is 0. The Morgan fingerprint density at radius 1 is 1.20 bits per heavy atom. The molecule has 0 aromatic rings. The molecule has 2 fully saturated rings. The van der Waals surface area contributed by atoms with Crippen LogP contribution in [0.1, 0.15) is 38.5 Å². The Balaban J connectivity index is 1.71. The second-order valence-corrected chi connectivity index (χ2v) is 4.95. The van der Waals surface area contributed by atoms with E-state index >= 15 is 0 Å². The molecule has 1 atom stereocenters. The molecule has 0 aromatic carbocycles. The maximum atomic E-state index is 8.75. The van der Waals surface area contributed by atoms with Crippen molar-refractivity contribution in [3.05, 3.63) is 0 Å². The minimum absolute atomic E-state index is 0.312. The van der Waals surface area contributed by atoms with E-state index in [1.54, 1.807) is 0 Å². The van der Waals surface area contributed by atoms with Crippen LogP contribution in [0.2, 0.25) is 0 Å². The van der Waals surface area contributed by atoms with Gasteiger partial charge in [-0.05, 0) is 45.2 Å².